The SMILES string of the molecule is CC(C)(C)c1nnsc1C(N)c1cccc2ccncc12. The molecule has 0 aliphatic carbocycles. The van der Waals surface area contributed by atoms with Gasteiger partial charge in [-0.3, -0.25) is 4.98 Å². The van der Waals surface area contributed by atoms with Gasteiger partial charge in [-0.2, -0.15) is 0 Å². The molecule has 2 aromatic heterocycles. The van der Waals surface area contributed by atoms with Crippen LogP contribution in [0.5, 0.6) is 0 Å². The van der Waals surface area contributed by atoms with E-state index in [1.165, 1.54) is 11.5 Å². The van der Waals surface area contributed by atoms with Crippen molar-refractivity contribution >= 4 is 22.3 Å². The Kier molecular flexibility index (Phi) is 3.47. The Bertz CT molecular complexity index is 768. The van der Waals surface area contributed by atoms with E-state index in [0.717, 1.165) is 26.9 Å². The summed E-state index contributed by atoms with van der Waals surface area (Å²) in [5, 5.41) is 6.52. The molecule has 108 valence electrons. The highest BCUT2D eigenvalue weighted by molar-refractivity contribution is 7.05. The minimum absolute atomic E-state index is 0.0667. The van der Waals surface area contributed by atoms with Crippen molar-refractivity contribution in [3.05, 3.63) is 52.8 Å². The molecule has 1 aromatic carbocycles. The van der Waals surface area contributed by atoms with Crippen LogP contribution in [0.3, 0.4) is 0 Å². The van der Waals surface area contributed by atoms with E-state index in [0.29, 0.717) is 0 Å². The highest BCUT2D eigenvalue weighted by Gasteiger charge is 2.27. The third-order valence-corrected chi connectivity index (χ3v) is 4.37. The molecule has 2 heterocycles. The number of fused-ring (bicyclic) bond motifs is 1. The fraction of sp³-hybridized carbons (Fsp3) is 0.312. The summed E-state index contributed by atoms with van der Waals surface area (Å²) in [6.45, 7) is 6.39. The van der Waals surface area contributed by atoms with Gasteiger partial charge in [0.1, 0.15) is 0 Å². The first-order valence-electron chi connectivity index (χ1n) is 6.89. The van der Waals surface area contributed by atoms with Gasteiger partial charge in [-0.15, -0.1) is 5.10 Å². The molecule has 0 saturated heterocycles. The molecule has 1 atom stereocenters. The van der Waals surface area contributed by atoms with Crippen LogP contribution < -0.4 is 5.73 Å². The van der Waals surface area contributed by atoms with Crippen LogP contribution in [0.25, 0.3) is 10.8 Å². The molecule has 0 fully saturated rings. The molecule has 0 aliphatic heterocycles. The van der Waals surface area contributed by atoms with Gasteiger partial charge >= 0.3 is 0 Å². The van der Waals surface area contributed by atoms with Crippen LogP contribution in [-0.2, 0) is 5.41 Å². The van der Waals surface area contributed by atoms with Crippen molar-refractivity contribution in [3.63, 3.8) is 0 Å². The Labute approximate surface area is 128 Å². The lowest BCUT2D eigenvalue weighted by molar-refractivity contribution is 0.557. The summed E-state index contributed by atoms with van der Waals surface area (Å²) in [5.74, 6) is 0. The van der Waals surface area contributed by atoms with Gasteiger partial charge in [-0.05, 0) is 28.5 Å². The second-order valence-corrected chi connectivity index (χ2v) is 6.94. The summed E-state index contributed by atoms with van der Waals surface area (Å²) in [6, 6.07) is 7.93. The van der Waals surface area contributed by atoms with Crippen molar-refractivity contribution < 1.29 is 0 Å². The minimum atomic E-state index is -0.230. The van der Waals surface area contributed by atoms with Crippen molar-refractivity contribution in [1.82, 2.24) is 14.6 Å². The van der Waals surface area contributed by atoms with Crippen LogP contribution in [0.4, 0.5) is 0 Å². The molecule has 3 aromatic rings. The minimum Gasteiger partial charge on any atom is -0.319 e. The van der Waals surface area contributed by atoms with E-state index < -0.39 is 0 Å². The number of nitrogens with zero attached hydrogens (tertiary/aromatic N) is 3. The molecular weight excluding hydrogens is 280 g/mol. The van der Waals surface area contributed by atoms with Crippen LogP contribution in [0.1, 0.15) is 42.9 Å². The largest absolute Gasteiger partial charge is 0.319 e. The molecular formula is C16H18N4S. The molecule has 0 aliphatic rings. The number of aromatic nitrogens is 3. The Balaban J connectivity index is 2.14. The zero-order valence-electron chi connectivity index (χ0n) is 12.4. The molecule has 2 N–H and O–H groups in total. The van der Waals surface area contributed by atoms with Gasteiger partial charge in [0.25, 0.3) is 0 Å². The summed E-state index contributed by atoms with van der Waals surface area (Å²) in [6.07, 6.45) is 3.67. The number of hydrogen-bond donors (Lipinski definition) is 1. The molecule has 1 unspecified atom stereocenters. The van der Waals surface area contributed by atoms with Gasteiger partial charge in [0.2, 0.25) is 0 Å². The first kappa shape index (κ1) is 14.1. The predicted octanol–water partition coefficient (Wildman–Crippen LogP) is 3.43. The average molecular weight is 298 g/mol. The normalized spacial score (nSPS) is 13.5. The van der Waals surface area contributed by atoms with Crippen molar-refractivity contribution in [2.24, 2.45) is 5.73 Å². The van der Waals surface area contributed by atoms with E-state index in [9.17, 15) is 0 Å². The van der Waals surface area contributed by atoms with Crippen molar-refractivity contribution in [2.45, 2.75) is 32.2 Å². The first-order chi connectivity index (χ1) is 9.98. The van der Waals surface area contributed by atoms with Crippen molar-refractivity contribution in [1.29, 1.82) is 0 Å². The predicted molar refractivity (Wildman–Crippen MR) is 86.4 cm³/mol. The van der Waals surface area contributed by atoms with E-state index in [1.54, 1.807) is 6.20 Å². The van der Waals surface area contributed by atoms with Crippen LogP contribution >= 0.6 is 11.5 Å². The van der Waals surface area contributed by atoms with Gasteiger partial charge in [0.05, 0.1) is 16.6 Å². The Morgan fingerprint density at radius 3 is 2.76 bits per heavy atom. The number of nitrogens with two attached hydrogens (primary N) is 1. The molecule has 4 nitrogen and oxygen atoms in total. The average Bonchev–Trinajstić information content (AvgIpc) is 2.95. The number of rotatable bonds is 2. The zero-order chi connectivity index (χ0) is 15.0. The maximum absolute atomic E-state index is 6.53. The molecule has 0 amide bonds. The molecule has 3 rings (SSSR count). The highest BCUT2D eigenvalue weighted by Crippen LogP contribution is 2.34. The van der Waals surface area contributed by atoms with E-state index >= 15 is 0 Å². The fourth-order valence-corrected chi connectivity index (χ4v) is 3.36. The van der Waals surface area contributed by atoms with Gasteiger partial charge in [-0.1, -0.05) is 43.5 Å². The Hall–Kier alpha value is -1.85. The summed E-state index contributed by atoms with van der Waals surface area (Å²) in [4.78, 5) is 5.25. The van der Waals surface area contributed by atoms with Crippen molar-refractivity contribution in [2.75, 3.05) is 0 Å². The Morgan fingerprint density at radius 1 is 1.19 bits per heavy atom. The maximum atomic E-state index is 6.53. The monoisotopic (exact) mass is 298 g/mol. The topological polar surface area (TPSA) is 64.7 Å². The maximum Gasteiger partial charge on any atom is 0.0860 e. The summed E-state index contributed by atoms with van der Waals surface area (Å²) in [5.41, 5.74) is 8.50. The van der Waals surface area contributed by atoms with Gasteiger partial charge in [-0.25, -0.2) is 0 Å². The Morgan fingerprint density at radius 2 is 2.00 bits per heavy atom. The summed E-state index contributed by atoms with van der Waals surface area (Å²) < 4.78 is 4.11. The van der Waals surface area contributed by atoms with Crippen LogP contribution in [0.15, 0.2) is 36.7 Å². The molecule has 21 heavy (non-hydrogen) atoms. The molecule has 0 radical (unpaired) electrons. The lowest BCUT2D eigenvalue weighted by Crippen LogP contribution is -2.19. The fourth-order valence-electron chi connectivity index (χ4n) is 2.47. The third-order valence-electron chi connectivity index (χ3n) is 3.56. The quantitative estimate of drug-likeness (QED) is 0.787. The third kappa shape index (κ3) is 2.54. The number of benzene rings is 1. The van der Waals surface area contributed by atoms with Gasteiger partial charge in [0, 0.05) is 23.2 Å². The summed E-state index contributed by atoms with van der Waals surface area (Å²) in [7, 11) is 0. The number of pyridine rings is 1. The highest BCUT2D eigenvalue weighted by atomic mass is 32.1. The van der Waals surface area contributed by atoms with E-state index in [-0.39, 0.29) is 11.5 Å². The van der Waals surface area contributed by atoms with E-state index in [1.807, 2.05) is 18.3 Å². The molecule has 5 heteroatoms. The van der Waals surface area contributed by atoms with Crippen LogP contribution in [0.2, 0.25) is 0 Å². The van der Waals surface area contributed by atoms with E-state index in [4.69, 9.17) is 5.73 Å². The van der Waals surface area contributed by atoms with Gasteiger partial charge in [0.15, 0.2) is 0 Å². The lowest BCUT2D eigenvalue weighted by atomic mass is 9.88. The molecule has 0 saturated carbocycles. The molecule has 0 bridgehead atoms. The second kappa shape index (κ2) is 5.16. The number of hydrogen-bond acceptors (Lipinski definition) is 5. The molecule has 0 spiro atoms. The smallest absolute Gasteiger partial charge is 0.0860 e. The van der Waals surface area contributed by atoms with Crippen LogP contribution in [0, 0.1) is 0 Å². The lowest BCUT2D eigenvalue weighted by Gasteiger charge is -2.20. The zero-order valence-corrected chi connectivity index (χ0v) is 13.2. The summed E-state index contributed by atoms with van der Waals surface area (Å²) >= 11 is 1.38. The van der Waals surface area contributed by atoms with Crippen molar-refractivity contribution in [3.8, 4) is 0 Å². The van der Waals surface area contributed by atoms with Crippen LogP contribution in [-0.4, -0.2) is 14.6 Å². The van der Waals surface area contributed by atoms with Gasteiger partial charge < -0.3 is 5.73 Å². The standard InChI is InChI=1S/C16H18N4S/c1-16(2,3)15-14(21-20-19-15)13(17)11-6-4-5-10-7-8-18-9-12(10)11/h4-9,13H,17H2,1-3H3. The second-order valence-electron chi connectivity index (χ2n) is 6.16. The first-order valence-corrected chi connectivity index (χ1v) is 7.67. The van der Waals surface area contributed by atoms with E-state index in [2.05, 4.69) is 47.5 Å².